The van der Waals surface area contributed by atoms with Gasteiger partial charge in [-0.3, -0.25) is 4.79 Å². The van der Waals surface area contributed by atoms with E-state index in [0.29, 0.717) is 24.2 Å². The summed E-state index contributed by atoms with van der Waals surface area (Å²) in [5.41, 5.74) is 0.678. The number of sulfonamides is 1. The summed E-state index contributed by atoms with van der Waals surface area (Å²) in [6.07, 6.45) is 4.43. The number of hydrogen-bond acceptors (Lipinski definition) is 3. The quantitative estimate of drug-likeness (QED) is 0.606. The van der Waals surface area contributed by atoms with Crippen molar-refractivity contribution >= 4 is 21.9 Å². The molecule has 0 atom stereocenters. The van der Waals surface area contributed by atoms with Crippen molar-refractivity contribution in [1.82, 2.24) is 4.31 Å². The number of carbonyl (C=O) groups is 1. The van der Waals surface area contributed by atoms with Gasteiger partial charge >= 0.3 is 0 Å². The van der Waals surface area contributed by atoms with Crippen LogP contribution in [-0.2, 0) is 10.0 Å². The minimum Gasteiger partial charge on any atom is -0.289 e. The molecule has 0 unspecified atom stereocenters. The highest BCUT2D eigenvalue weighted by Crippen LogP contribution is 2.21. The fourth-order valence-corrected chi connectivity index (χ4v) is 4.26. The second-order valence-electron chi connectivity index (χ2n) is 5.85. The van der Waals surface area contributed by atoms with Gasteiger partial charge < -0.3 is 0 Å². The zero-order valence-electron chi connectivity index (χ0n) is 13.6. The van der Waals surface area contributed by atoms with Crippen LogP contribution in [0.3, 0.4) is 0 Å². The predicted octanol–water partition coefficient (Wildman–Crippen LogP) is 3.51. The van der Waals surface area contributed by atoms with Crippen LogP contribution in [0.1, 0.15) is 28.8 Å². The van der Waals surface area contributed by atoms with E-state index < -0.39 is 15.8 Å². The summed E-state index contributed by atoms with van der Waals surface area (Å²) in [6.45, 7) is 1.07. The highest BCUT2D eigenvalue weighted by atomic mass is 32.2. The summed E-state index contributed by atoms with van der Waals surface area (Å²) in [4.78, 5) is 12.4. The summed E-state index contributed by atoms with van der Waals surface area (Å²) >= 11 is 0. The molecule has 3 rings (SSSR count). The van der Waals surface area contributed by atoms with E-state index in [1.54, 1.807) is 18.2 Å². The van der Waals surface area contributed by atoms with Gasteiger partial charge in [-0.25, -0.2) is 12.8 Å². The second-order valence-corrected chi connectivity index (χ2v) is 7.79. The molecule has 0 aromatic heterocycles. The first-order valence-electron chi connectivity index (χ1n) is 8.05. The number of benzene rings is 2. The van der Waals surface area contributed by atoms with Crippen LogP contribution >= 0.6 is 0 Å². The van der Waals surface area contributed by atoms with Crippen molar-refractivity contribution in [1.29, 1.82) is 0 Å². The third-order valence-corrected chi connectivity index (χ3v) is 6.07. The molecule has 0 saturated carbocycles. The third kappa shape index (κ3) is 3.86. The number of rotatable bonds is 5. The number of carbonyl (C=O) groups excluding carboxylic acids is 1. The van der Waals surface area contributed by atoms with Crippen LogP contribution in [-0.4, -0.2) is 31.6 Å². The minimum atomic E-state index is -3.49. The number of nitrogens with zero attached hydrogens (tertiary/aromatic N) is 1. The van der Waals surface area contributed by atoms with Crippen molar-refractivity contribution in [2.45, 2.75) is 17.7 Å². The highest BCUT2D eigenvalue weighted by molar-refractivity contribution is 7.89. The Morgan fingerprint density at radius 3 is 2.28 bits per heavy atom. The van der Waals surface area contributed by atoms with E-state index in [1.165, 1.54) is 46.8 Å². The molecule has 0 bridgehead atoms. The lowest BCUT2D eigenvalue weighted by Crippen LogP contribution is -2.27. The maximum atomic E-state index is 13.5. The predicted molar refractivity (Wildman–Crippen MR) is 94.2 cm³/mol. The molecule has 1 heterocycles. The molecule has 130 valence electrons. The molecule has 0 amide bonds. The molecule has 0 N–H and O–H groups in total. The van der Waals surface area contributed by atoms with Gasteiger partial charge in [0.25, 0.3) is 0 Å². The van der Waals surface area contributed by atoms with E-state index in [9.17, 15) is 17.6 Å². The van der Waals surface area contributed by atoms with Crippen LogP contribution in [0.4, 0.5) is 4.39 Å². The van der Waals surface area contributed by atoms with Crippen molar-refractivity contribution < 1.29 is 17.6 Å². The van der Waals surface area contributed by atoms with Gasteiger partial charge in [-0.1, -0.05) is 18.2 Å². The fourth-order valence-electron chi connectivity index (χ4n) is 2.74. The van der Waals surface area contributed by atoms with Gasteiger partial charge in [0.2, 0.25) is 10.0 Å². The molecular weight excluding hydrogens is 341 g/mol. The van der Waals surface area contributed by atoms with Gasteiger partial charge in [0.1, 0.15) is 5.82 Å². The minimum absolute atomic E-state index is 0.184. The largest absolute Gasteiger partial charge is 0.289 e. The van der Waals surface area contributed by atoms with Crippen molar-refractivity contribution in [3.8, 4) is 0 Å². The Morgan fingerprint density at radius 2 is 1.64 bits per heavy atom. The number of hydrogen-bond donors (Lipinski definition) is 0. The highest BCUT2D eigenvalue weighted by Gasteiger charge is 2.26. The first kappa shape index (κ1) is 17.5. The molecule has 0 spiro atoms. The topological polar surface area (TPSA) is 54.5 Å². The maximum absolute atomic E-state index is 13.5. The Balaban J connectivity index is 1.76. The first-order chi connectivity index (χ1) is 12.0. The van der Waals surface area contributed by atoms with E-state index in [-0.39, 0.29) is 10.7 Å². The monoisotopic (exact) mass is 359 g/mol. The van der Waals surface area contributed by atoms with Crippen molar-refractivity contribution in [2.75, 3.05) is 13.1 Å². The molecule has 1 saturated heterocycles. The van der Waals surface area contributed by atoms with Crippen LogP contribution < -0.4 is 0 Å². The average Bonchev–Trinajstić information content (AvgIpc) is 3.16. The molecule has 4 nitrogen and oxygen atoms in total. The Kier molecular flexibility index (Phi) is 5.11. The first-order valence-corrected chi connectivity index (χ1v) is 9.50. The van der Waals surface area contributed by atoms with Gasteiger partial charge in [-0.15, -0.1) is 0 Å². The van der Waals surface area contributed by atoms with Crippen LogP contribution in [0.25, 0.3) is 6.08 Å². The molecular formula is C19H18FNO3S. The summed E-state index contributed by atoms with van der Waals surface area (Å²) in [5, 5.41) is 0. The standard InChI is InChI=1S/C19H18FNO3S/c20-18-6-2-1-5-15(18)9-12-19(22)16-7-10-17(11-8-16)25(23,24)21-13-3-4-14-21/h1-2,5-12H,3-4,13-14H2/b12-9+. The molecule has 1 aliphatic rings. The van der Waals surface area contributed by atoms with Gasteiger partial charge in [0.05, 0.1) is 4.90 Å². The van der Waals surface area contributed by atoms with Crippen molar-refractivity contribution in [3.63, 3.8) is 0 Å². The molecule has 2 aromatic rings. The zero-order valence-corrected chi connectivity index (χ0v) is 14.4. The van der Waals surface area contributed by atoms with Gasteiger partial charge in [-0.05, 0) is 55.3 Å². The molecule has 6 heteroatoms. The van der Waals surface area contributed by atoms with E-state index in [0.717, 1.165) is 12.8 Å². The van der Waals surface area contributed by atoms with Crippen LogP contribution in [0.15, 0.2) is 59.5 Å². The van der Waals surface area contributed by atoms with Gasteiger partial charge in [0, 0.05) is 24.2 Å². The molecule has 0 radical (unpaired) electrons. The average molecular weight is 359 g/mol. The third-order valence-electron chi connectivity index (χ3n) is 4.16. The Morgan fingerprint density at radius 1 is 1.00 bits per heavy atom. The van der Waals surface area contributed by atoms with E-state index in [1.807, 2.05) is 0 Å². The smallest absolute Gasteiger partial charge is 0.243 e. The summed E-state index contributed by atoms with van der Waals surface area (Å²) < 4.78 is 39.9. The van der Waals surface area contributed by atoms with Gasteiger partial charge in [-0.2, -0.15) is 4.31 Å². The maximum Gasteiger partial charge on any atom is 0.243 e. The zero-order chi connectivity index (χ0) is 17.9. The van der Waals surface area contributed by atoms with Crippen molar-refractivity contribution in [3.05, 3.63) is 71.6 Å². The van der Waals surface area contributed by atoms with Crippen LogP contribution in [0.2, 0.25) is 0 Å². The van der Waals surface area contributed by atoms with Crippen molar-refractivity contribution in [2.24, 2.45) is 0 Å². The molecule has 1 aliphatic heterocycles. The Bertz CT molecular complexity index is 899. The Hall–Kier alpha value is -2.31. The molecule has 25 heavy (non-hydrogen) atoms. The number of ketones is 1. The van der Waals surface area contributed by atoms with Crippen LogP contribution in [0, 0.1) is 5.82 Å². The number of halogens is 1. The summed E-state index contributed by atoms with van der Waals surface area (Å²) in [5.74, 6) is -0.716. The summed E-state index contributed by atoms with van der Waals surface area (Å²) in [6, 6.07) is 12.0. The fraction of sp³-hybridized carbons (Fsp3) is 0.211. The van der Waals surface area contributed by atoms with Crippen LogP contribution in [0.5, 0.6) is 0 Å². The van der Waals surface area contributed by atoms with E-state index in [2.05, 4.69) is 0 Å². The lowest BCUT2D eigenvalue weighted by molar-refractivity contribution is 0.104. The SMILES string of the molecule is O=C(/C=C/c1ccccc1F)c1ccc(S(=O)(=O)N2CCCC2)cc1. The number of allylic oxidation sites excluding steroid dienone is 1. The summed E-state index contributed by atoms with van der Waals surface area (Å²) in [7, 11) is -3.49. The van der Waals surface area contributed by atoms with Gasteiger partial charge in [0.15, 0.2) is 5.78 Å². The molecule has 1 fully saturated rings. The molecule has 2 aromatic carbocycles. The van der Waals surface area contributed by atoms with E-state index >= 15 is 0 Å². The van der Waals surface area contributed by atoms with E-state index in [4.69, 9.17) is 0 Å². The lowest BCUT2D eigenvalue weighted by atomic mass is 10.1. The Labute approximate surface area is 146 Å². The normalized spacial score (nSPS) is 15.7. The molecule has 0 aliphatic carbocycles. The lowest BCUT2D eigenvalue weighted by Gasteiger charge is -2.15. The second kappa shape index (κ2) is 7.29.